The predicted molar refractivity (Wildman–Crippen MR) is 153 cm³/mol. The molecule has 0 amide bonds. The first-order chi connectivity index (χ1) is 16.9. The zero-order chi connectivity index (χ0) is 24.6. The minimum Gasteiger partial charge on any atom is -0.508 e. The van der Waals surface area contributed by atoms with E-state index in [4.69, 9.17) is 28.2 Å². The second kappa shape index (κ2) is 13.3. The molecule has 0 saturated carbocycles. The number of rotatable bonds is 7. The highest BCUT2D eigenvalue weighted by Crippen LogP contribution is 2.30. The number of hydrogen-bond acceptors (Lipinski definition) is 4. The van der Waals surface area contributed by atoms with Crippen molar-refractivity contribution in [2.45, 2.75) is 25.3 Å². The highest BCUT2D eigenvalue weighted by molar-refractivity contribution is 8.13. The smallest absolute Gasteiger partial charge is 0.169 e. The third kappa shape index (κ3) is 8.23. The summed E-state index contributed by atoms with van der Waals surface area (Å²) in [6.45, 7) is 1.16. The Morgan fingerprint density at radius 2 is 1.36 bits per heavy atom. The van der Waals surface area contributed by atoms with Crippen LogP contribution in [0.25, 0.3) is 0 Å². The fourth-order valence-electron chi connectivity index (χ4n) is 3.56. The molecule has 0 radical (unpaired) electrons. The zero-order valence-corrected chi connectivity index (χ0v) is 21.1. The average molecular weight is 540 g/mol. The fraction of sp³-hybridized carbons (Fsp3) is 0.138. The number of aromatic hydroxyl groups is 2. The van der Waals surface area contributed by atoms with Crippen molar-refractivity contribution in [1.82, 2.24) is 4.90 Å². The summed E-state index contributed by atoms with van der Waals surface area (Å²) in [6, 6.07) is 29.7. The molecular weight excluding hydrogens is 511 g/mol. The third-order valence-corrected chi connectivity index (χ3v) is 6.64. The maximum atomic E-state index is 10.0. The summed E-state index contributed by atoms with van der Waals surface area (Å²) < 4.78 is 0. The molecule has 4 aromatic rings. The molecule has 0 saturated heterocycles. The number of thioether (sulfide) groups is 1. The monoisotopic (exact) mass is 538 g/mol. The number of aliphatic imine (C=N–C) groups is 1. The lowest BCUT2D eigenvalue weighted by Crippen LogP contribution is -2.30. The lowest BCUT2D eigenvalue weighted by atomic mass is 10.1. The van der Waals surface area contributed by atoms with Crippen LogP contribution >= 0.6 is 35.0 Å². The molecule has 0 aromatic heterocycles. The van der Waals surface area contributed by atoms with Gasteiger partial charge in [0.1, 0.15) is 11.5 Å². The molecule has 0 heterocycles. The van der Waals surface area contributed by atoms with Crippen LogP contribution in [-0.2, 0) is 13.0 Å². The minimum atomic E-state index is 0. The Bertz CT molecular complexity index is 1300. The Kier molecular flexibility index (Phi) is 10.1. The van der Waals surface area contributed by atoms with Crippen LogP contribution in [0.15, 0.2) is 107 Å². The maximum absolute atomic E-state index is 10.0. The SMILES string of the molecule is C.Oc1cccc(CCN(Cc2cccc(O)c2)C(=Nc2cc(Cl)cc(Cl)c2)Sc2ccccc2)c1. The average Bonchev–Trinajstić information content (AvgIpc) is 2.81. The van der Waals surface area contributed by atoms with E-state index in [0.717, 1.165) is 21.2 Å². The number of phenolic OH excluding ortho intramolecular Hbond substituents is 2. The van der Waals surface area contributed by atoms with Crippen LogP contribution in [0.5, 0.6) is 11.5 Å². The van der Waals surface area contributed by atoms with E-state index < -0.39 is 0 Å². The molecule has 0 aliphatic rings. The van der Waals surface area contributed by atoms with Crippen LogP contribution in [0, 0.1) is 0 Å². The summed E-state index contributed by atoms with van der Waals surface area (Å²) in [5.74, 6) is 0.453. The van der Waals surface area contributed by atoms with Crippen molar-refractivity contribution in [3.05, 3.63) is 118 Å². The van der Waals surface area contributed by atoms with Crippen LogP contribution < -0.4 is 0 Å². The highest BCUT2D eigenvalue weighted by Gasteiger charge is 2.16. The molecule has 0 unspecified atom stereocenters. The van der Waals surface area contributed by atoms with Crippen molar-refractivity contribution >= 4 is 45.8 Å². The van der Waals surface area contributed by atoms with Gasteiger partial charge in [0.25, 0.3) is 0 Å². The van der Waals surface area contributed by atoms with Gasteiger partial charge < -0.3 is 15.1 Å². The van der Waals surface area contributed by atoms with Crippen molar-refractivity contribution in [2.75, 3.05) is 6.54 Å². The van der Waals surface area contributed by atoms with Crippen molar-refractivity contribution in [3.63, 3.8) is 0 Å². The van der Waals surface area contributed by atoms with Gasteiger partial charge >= 0.3 is 0 Å². The molecule has 0 atom stereocenters. The van der Waals surface area contributed by atoms with Gasteiger partial charge in [-0.25, -0.2) is 4.99 Å². The highest BCUT2D eigenvalue weighted by atomic mass is 35.5. The molecule has 186 valence electrons. The summed E-state index contributed by atoms with van der Waals surface area (Å²) in [5, 5.41) is 21.7. The first-order valence-electron chi connectivity index (χ1n) is 11.0. The van der Waals surface area contributed by atoms with E-state index in [1.54, 1.807) is 54.2 Å². The van der Waals surface area contributed by atoms with Crippen LogP contribution in [0.4, 0.5) is 5.69 Å². The number of hydrogen-bond donors (Lipinski definition) is 2. The van der Waals surface area contributed by atoms with E-state index in [1.165, 1.54) is 0 Å². The number of amidine groups is 1. The van der Waals surface area contributed by atoms with E-state index in [1.807, 2.05) is 54.6 Å². The van der Waals surface area contributed by atoms with Crippen LogP contribution in [0.2, 0.25) is 10.0 Å². The normalized spacial score (nSPS) is 11.1. The molecule has 0 bridgehead atoms. The van der Waals surface area contributed by atoms with Gasteiger partial charge in [-0.2, -0.15) is 0 Å². The predicted octanol–water partition coefficient (Wildman–Crippen LogP) is 8.57. The Balaban J connectivity index is 0.00000361. The lowest BCUT2D eigenvalue weighted by Gasteiger charge is -2.26. The first-order valence-corrected chi connectivity index (χ1v) is 12.6. The molecule has 4 nitrogen and oxygen atoms in total. The van der Waals surface area contributed by atoms with Gasteiger partial charge in [-0.15, -0.1) is 0 Å². The number of halogens is 2. The number of benzene rings is 4. The van der Waals surface area contributed by atoms with E-state index >= 15 is 0 Å². The van der Waals surface area contributed by atoms with E-state index in [9.17, 15) is 10.2 Å². The van der Waals surface area contributed by atoms with Gasteiger partial charge in [0.2, 0.25) is 0 Å². The molecule has 0 aliphatic heterocycles. The van der Waals surface area contributed by atoms with E-state index in [-0.39, 0.29) is 18.9 Å². The Morgan fingerprint density at radius 1 is 0.750 bits per heavy atom. The summed E-state index contributed by atoms with van der Waals surface area (Å²) in [5.41, 5.74) is 2.62. The van der Waals surface area contributed by atoms with E-state index in [2.05, 4.69) is 4.90 Å². The van der Waals surface area contributed by atoms with E-state index in [0.29, 0.717) is 35.2 Å². The van der Waals surface area contributed by atoms with Crippen LogP contribution in [0.1, 0.15) is 18.6 Å². The molecule has 0 spiro atoms. The summed E-state index contributed by atoms with van der Waals surface area (Å²) in [6.07, 6.45) is 0.692. The number of nitrogens with zero attached hydrogens (tertiary/aromatic N) is 2. The molecule has 36 heavy (non-hydrogen) atoms. The zero-order valence-electron chi connectivity index (χ0n) is 18.8. The molecular formula is C29H28Cl2N2O2S. The summed E-state index contributed by atoms with van der Waals surface area (Å²) in [7, 11) is 0. The topological polar surface area (TPSA) is 56.1 Å². The second-order valence-corrected chi connectivity index (χ2v) is 9.86. The molecule has 0 aliphatic carbocycles. The van der Waals surface area contributed by atoms with Gasteiger partial charge in [0.05, 0.1) is 5.69 Å². The minimum absolute atomic E-state index is 0. The van der Waals surface area contributed by atoms with Crippen molar-refractivity contribution in [3.8, 4) is 11.5 Å². The lowest BCUT2D eigenvalue weighted by molar-refractivity contribution is 0.421. The molecule has 4 rings (SSSR count). The Morgan fingerprint density at radius 3 is 2.00 bits per heavy atom. The van der Waals surface area contributed by atoms with Gasteiger partial charge in [-0.3, -0.25) is 0 Å². The van der Waals surface area contributed by atoms with Gasteiger partial charge in [-0.1, -0.05) is 84.9 Å². The Labute approximate surface area is 226 Å². The molecule has 4 aromatic carbocycles. The Hall–Kier alpha value is -3.12. The van der Waals surface area contributed by atoms with Gasteiger partial charge in [0.15, 0.2) is 5.17 Å². The molecule has 2 N–H and O–H groups in total. The first kappa shape index (κ1) is 27.5. The fourth-order valence-corrected chi connectivity index (χ4v) is 5.01. The van der Waals surface area contributed by atoms with Crippen molar-refractivity contribution in [2.24, 2.45) is 4.99 Å². The number of phenols is 2. The molecule has 0 fully saturated rings. The van der Waals surface area contributed by atoms with Crippen molar-refractivity contribution in [1.29, 1.82) is 0 Å². The van der Waals surface area contributed by atoms with Crippen molar-refractivity contribution < 1.29 is 10.2 Å². The maximum Gasteiger partial charge on any atom is 0.169 e. The second-order valence-electron chi connectivity index (χ2n) is 7.95. The van der Waals surface area contributed by atoms with Crippen LogP contribution in [0.3, 0.4) is 0 Å². The van der Waals surface area contributed by atoms with Gasteiger partial charge in [-0.05, 0) is 72.1 Å². The largest absolute Gasteiger partial charge is 0.508 e. The summed E-state index contributed by atoms with van der Waals surface area (Å²) >= 11 is 14.0. The van der Waals surface area contributed by atoms with Crippen LogP contribution in [-0.4, -0.2) is 26.8 Å². The quantitative estimate of drug-likeness (QED) is 0.140. The third-order valence-electron chi connectivity index (χ3n) is 5.16. The standard InChI is InChI=1S/C28H24Cl2N2O2S.CH4/c29-22-16-23(30)18-24(17-22)31-28(35-27-10-2-1-3-11-27)32(19-21-7-5-9-26(34)15-21)13-12-20-6-4-8-25(33)14-20;/h1-11,14-18,33-34H,12-13,19H2;1H4. The summed E-state index contributed by atoms with van der Waals surface area (Å²) in [4.78, 5) is 8.15. The molecule has 7 heteroatoms. The van der Waals surface area contributed by atoms with Gasteiger partial charge in [0, 0.05) is 28.0 Å².